The number of benzene rings is 2. The molecular formula is C18H9F13O4S. The van der Waals surface area contributed by atoms with Gasteiger partial charge >= 0.3 is 45.4 Å². The van der Waals surface area contributed by atoms with Gasteiger partial charge in [-0.1, -0.05) is 30.3 Å². The standard InChI is InChI=1S/C18H9F13O4S/c19-13(20,10-5-4-8-12(9-10)34-11-6-2-1-3-7-11)14(21,22)15(23,24)16(25,26)17(27,28)35-36(32,33)18(29,30)31/h1-9H. The van der Waals surface area contributed by atoms with Crippen LogP contribution >= 0.6 is 0 Å². The van der Waals surface area contributed by atoms with E-state index in [0.29, 0.717) is 6.07 Å². The van der Waals surface area contributed by atoms with Crippen molar-refractivity contribution in [3.63, 3.8) is 0 Å². The van der Waals surface area contributed by atoms with Gasteiger partial charge in [0.1, 0.15) is 11.5 Å². The molecule has 2 rings (SSSR count). The van der Waals surface area contributed by atoms with Crippen LogP contribution in [0.15, 0.2) is 54.6 Å². The minimum absolute atomic E-state index is 0.00272. The normalized spacial score (nSPS) is 14.6. The monoisotopic (exact) mass is 568 g/mol. The van der Waals surface area contributed by atoms with Gasteiger partial charge in [-0.15, -0.1) is 0 Å². The summed E-state index contributed by atoms with van der Waals surface area (Å²) in [4.78, 5) is 0. The summed E-state index contributed by atoms with van der Waals surface area (Å²) in [5, 5.41) is 0. The molecule has 36 heavy (non-hydrogen) atoms. The van der Waals surface area contributed by atoms with Gasteiger partial charge in [-0.05, 0) is 24.3 Å². The summed E-state index contributed by atoms with van der Waals surface area (Å²) >= 11 is 0. The Hall–Kier alpha value is -2.76. The third-order valence-electron chi connectivity index (χ3n) is 4.22. The largest absolute Gasteiger partial charge is 0.523 e. The van der Waals surface area contributed by atoms with E-state index in [1.807, 2.05) is 0 Å². The van der Waals surface area contributed by atoms with E-state index in [-0.39, 0.29) is 17.9 Å². The lowest BCUT2D eigenvalue weighted by molar-refractivity contribution is -0.433. The predicted octanol–water partition coefficient (Wildman–Crippen LogP) is 6.94. The van der Waals surface area contributed by atoms with Crippen LogP contribution in [0.2, 0.25) is 0 Å². The second kappa shape index (κ2) is 8.97. The predicted molar refractivity (Wildman–Crippen MR) is 92.7 cm³/mol. The molecule has 4 nitrogen and oxygen atoms in total. The van der Waals surface area contributed by atoms with Crippen molar-refractivity contribution in [2.24, 2.45) is 0 Å². The van der Waals surface area contributed by atoms with Crippen LogP contribution in [0.4, 0.5) is 57.1 Å². The van der Waals surface area contributed by atoms with Gasteiger partial charge < -0.3 is 4.74 Å². The first-order valence-electron chi connectivity index (χ1n) is 8.76. The van der Waals surface area contributed by atoms with Crippen LogP contribution in [0.5, 0.6) is 11.5 Å². The molecule has 0 saturated carbocycles. The van der Waals surface area contributed by atoms with Gasteiger partial charge in [0, 0.05) is 5.56 Å². The van der Waals surface area contributed by atoms with Crippen LogP contribution in [0.25, 0.3) is 0 Å². The molecule has 0 atom stereocenters. The lowest BCUT2D eigenvalue weighted by Gasteiger charge is -2.38. The van der Waals surface area contributed by atoms with Crippen LogP contribution in [0.3, 0.4) is 0 Å². The average molecular weight is 568 g/mol. The summed E-state index contributed by atoms with van der Waals surface area (Å²) in [6, 6.07) is 7.98. The molecule has 0 saturated heterocycles. The lowest BCUT2D eigenvalue weighted by atomic mass is 9.93. The van der Waals surface area contributed by atoms with Gasteiger partial charge in [0.05, 0.1) is 0 Å². The Bertz CT molecular complexity index is 1180. The maximum atomic E-state index is 14.4. The fourth-order valence-corrected chi connectivity index (χ4v) is 2.85. The zero-order valence-corrected chi connectivity index (χ0v) is 17.5. The molecule has 0 aliphatic heterocycles. The van der Waals surface area contributed by atoms with Crippen molar-refractivity contribution < 1.29 is 74.4 Å². The second-order valence-corrected chi connectivity index (χ2v) is 8.28. The van der Waals surface area contributed by atoms with E-state index >= 15 is 0 Å². The second-order valence-electron chi connectivity index (χ2n) is 6.74. The van der Waals surface area contributed by atoms with Crippen molar-refractivity contribution in [3.05, 3.63) is 60.2 Å². The molecule has 0 bridgehead atoms. The van der Waals surface area contributed by atoms with Crippen molar-refractivity contribution in [1.82, 2.24) is 0 Å². The zero-order valence-electron chi connectivity index (χ0n) is 16.7. The summed E-state index contributed by atoms with van der Waals surface area (Å²) in [5.41, 5.74) is -9.06. The number of hydrogen-bond donors (Lipinski definition) is 0. The Labute approximate surface area is 192 Å². The molecule has 0 unspecified atom stereocenters. The number of alkyl halides is 13. The van der Waals surface area contributed by atoms with Crippen molar-refractivity contribution in [2.45, 2.75) is 35.3 Å². The molecule has 0 aliphatic rings. The number of halogens is 13. The number of rotatable bonds is 9. The number of hydrogen-bond acceptors (Lipinski definition) is 4. The van der Waals surface area contributed by atoms with Gasteiger partial charge in [0.2, 0.25) is 0 Å². The van der Waals surface area contributed by atoms with Gasteiger partial charge in [-0.2, -0.15) is 69.7 Å². The Morgan fingerprint density at radius 1 is 0.583 bits per heavy atom. The van der Waals surface area contributed by atoms with E-state index < -0.39 is 56.7 Å². The molecule has 0 radical (unpaired) electrons. The first kappa shape index (κ1) is 29.5. The fraction of sp³-hybridized carbons (Fsp3) is 0.333. The third kappa shape index (κ3) is 4.91. The summed E-state index contributed by atoms with van der Waals surface area (Å²) in [6.07, 6.45) is -7.57. The molecule has 0 heterocycles. The highest BCUT2D eigenvalue weighted by molar-refractivity contribution is 7.87. The number of ether oxygens (including phenoxy) is 1. The summed E-state index contributed by atoms with van der Waals surface area (Å²) < 4.78 is 203. The molecule has 0 N–H and O–H groups in total. The van der Waals surface area contributed by atoms with Gasteiger partial charge in [-0.25, -0.2) is 0 Å². The molecule has 2 aromatic rings. The molecule has 202 valence electrons. The maximum absolute atomic E-state index is 14.4. The van der Waals surface area contributed by atoms with Gasteiger partial charge in [0.25, 0.3) is 0 Å². The summed E-state index contributed by atoms with van der Waals surface area (Å²) in [6.45, 7) is 0. The van der Waals surface area contributed by atoms with Crippen molar-refractivity contribution in [3.8, 4) is 11.5 Å². The molecular weight excluding hydrogens is 559 g/mol. The molecule has 2 aromatic carbocycles. The van der Waals surface area contributed by atoms with Crippen LogP contribution in [0.1, 0.15) is 5.56 Å². The van der Waals surface area contributed by atoms with Gasteiger partial charge in [-0.3, -0.25) is 0 Å². The molecule has 0 aromatic heterocycles. The minimum Gasteiger partial charge on any atom is -0.457 e. The Balaban J connectivity index is 2.50. The molecule has 18 heteroatoms. The van der Waals surface area contributed by atoms with E-state index in [4.69, 9.17) is 4.74 Å². The first-order valence-corrected chi connectivity index (χ1v) is 10.2. The van der Waals surface area contributed by atoms with Crippen LogP contribution in [-0.2, 0) is 20.2 Å². The van der Waals surface area contributed by atoms with E-state index in [9.17, 15) is 65.5 Å². The van der Waals surface area contributed by atoms with Crippen LogP contribution < -0.4 is 4.74 Å². The highest BCUT2D eigenvalue weighted by atomic mass is 32.2. The first-order chi connectivity index (χ1) is 16.0. The summed E-state index contributed by atoms with van der Waals surface area (Å²) in [7, 11) is -7.78. The third-order valence-corrected chi connectivity index (χ3v) is 5.22. The lowest BCUT2D eigenvalue weighted by Crippen LogP contribution is -2.67. The Morgan fingerprint density at radius 3 is 1.58 bits per heavy atom. The SMILES string of the molecule is O=S(=O)(OC(F)(F)C(F)(F)C(F)(F)C(F)(F)C(F)(F)c1cccc(Oc2ccccc2)c1)C(F)(F)F. The van der Waals surface area contributed by atoms with E-state index in [0.717, 1.165) is 6.07 Å². The smallest absolute Gasteiger partial charge is 0.457 e. The van der Waals surface area contributed by atoms with E-state index in [1.54, 1.807) is 4.18 Å². The van der Waals surface area contributed by atoms with Gasteiger partial charge in [0.15, 0.2) is 0 Å². The highest BCUT2D eigenvalue weighted by Crippen LogP contribution is 2.60. The average Bonchev–Trinajstić information content (AvgIpc) is 2.72. The Morgan fingerprint density at radius 2 is 1.08 bits per heavy atom. The topological polar surface area (TPSA) is 52.6 Å². The van der Waals surface area contributed by atoms with E-state index in [1.165, 1.54) is 30.3 Å². The van der Waals surface area contributed by atoms with Crippen molar-refractivity contribution in [1.29, 1.82) is 0 Å². The van der Waals surface area contributed by atoms with Crippen molar-refractivity contribution >= 4 is 10.1 Å². The van der Waals surface area contributed by atoms with Crippen LogP contribution in [0, 0.1) is 0 Å². The summed E-state index contributed by atoms with van der Waals surface area (Å²) in [5.74, 6) is -30.5. The maximum Gasteiger partial charge on any atom is 0.523 e. The molecule has 0 aliphatic carbocycles. The van der Waals surface area contributed by atoms with Crippen molar-refractivity contribution in [2.75, 3.05) is 0 Å². The zero-order chi connectivity index (χ0) is 28.0. The number of para-hydroxylation sites is 1. The van der Waals surface area contributed by atoms with Crippen LogP contribution in [-0.4, -0.2) is 37.8 Å². The quantitative estimate of drug-likeness (QED) is 0.187. The molecule has 0 spiro atoms. The fourth-order valence-electron chi connectivity index (χ4n) is 2.38. The Kier molecular flexibility index (Phi) is 7.34. The van der Waals surface area contributed by atoms with E-state index in [2.05, 4.69) is 0 Å². The molecule has 0 fully saturated rings. The highest BCUT2D eigenvalue weighted by Gasteiger charge is 2.88. The molecule has 0 amide bonds. The minimum atomic E-state index is -7.93.